The number of fused-ring (bicyclic) bond motifs is 1. The van der Waals surface area contributed by atoms with Crippen molar-refractivity contribution in [3.8, 4) is 5.75 Å². The Kier molecular flexibility index (Phi) is 6.29. The lowest BCUT2D eigenvalue weighted by atomic mass is 10.2. The largest absolute Gasteiger partial charge is 0.508 e. The predicted octanol–water partition coefficient (Wildman–Crippen LogP) is 4.21. The molecule has 1 aliphatic rings. The molecular weight excluding hydrogens is 486 g/mol. The molecule has 2 heterocycles. The second-order valence-corrected chi connectivity index (χ2v) is 8.47. The molecule has 2 N–H and O–H groups in total. The molecule has 1 aromatic heterocycles. The number of nitrogens with one attached hydrogen (secondary N) is 1. The van der Waals surface area contributed by atoms with E-state index >= 15 is 0 Å². The molecule has 2 aromatic carbocycles. The molecule has 9 heteroatoms. The molecule has 1 atom stereocenters. The van der Waals surface area contributed by atoms with E-state index in [4.69, 9.17) is 16.3 Å². The minimum Gasteiger partial charge on any atom is -0.508 e. The van der Waals surface area contributed by atoms with Crippen molar-refractivity contribution < 1.29 is 14.6 Å². The van der Waals surface area contributed by atoms with E-state index in [0.29, 0.717) is 23.0 Å². The fourth-order valence-electron chi connectivity index (χ4n) is 3.59. The number of hydrogen-bond acceptors (Lipinski definition) is 6. The van der Waals surface area contributed by atoms with Crippen LogP contribution in [0.25, 0.3) is 0 Å². The Bertz CT molecular complexity index is 1160. The first-order valence-corrected chi connectivity index (χ1v) is 10.8. The Morgan fingerprint density at radius 1 is 1.26 bits per heavy atom. The molecular formula is C22H19BrClN3O4. The van der Waals surface area contributed by atoms with Crippen molar-refractivity contribution >= 4 is 39.3 Å². The summed E-state index contributed by atoms with van der Waals surface area (Å²) >= 11 is 9.63. The van der Waals surface area contributed by atoms with Gasteiger partial charge in [0.15, 0.2) is 11.0 Å². The van der Waals surface area contributed by atoms with Crippen LogP contribution in [0, 0.1) is 0 Å². The standard InChI is InChI=1S/C22H19BrClN3O4/c23-15-8-14(9-16(28)10-15)11-25-20-21(29)27-17(19(24)26-20)6-7-18(27)22(30)31-12-13-4-2-1-3-5-13/h1-5,8-10,18,28H,6-7,11-12H2,(H,25,26)/t18-/m0/s1. The van der Waals surface area contributed by atoms with Crippen LogP contribution in [0.1, 0.15) is 29.3 Å². The van der Waals surface area contributed by atoms with Gasteiger partial charge in [0.25, 0.3) is 5.56 Å². The number of rotatable bonds is 6. The number of ether oxygens (including phenoxy) is 1. The third-order valence-corrected chi connectivity index (χ3v) is 5.79. The predicted molar refractivity (Wildman–Crippen MR) is 120 cm³/mol. The van der Waals surface area contributed by atoms with Crippen LogP contribution in [0.15, 0.2) is 57.8 Å². The lowest BCUT2D eigenvalue weighted by Gasteiger charge is -2.16. The van der Waals surface area contributed by atoms with Crippen LogP contribution in [0.3, 0.4) is 0 Å². The Labute approximate surface area is 191 Å². The highest BCUT2D eigenvalue weighted by atomic mass is 79.9. The van der Waals surface area contributed by atoms with Gasteiger partial charge >= 0.3 is 5.97 Å². The van der Waals surface area contributed by atoms with E-state index in [1.165, 1.54) is 4.57 Å². The van der Waals surface area contributed by atoms with Crippen LogP contribution in [0.4, 0.5) is 5.82 Å². The number of nitrogens with zero attached hydrogens (tertiary/aromatic N) is 2. The summed E-state index contributed by atoms with van der Waals surface area (Å²) in [4.78, 5) is 30.0. The van der Waals surface area contributed by atoms with Gasteiger partial charge in [0.2, 0.25) is 0 Å². The molecule has 0 bridgehead atoms. The highest BCUT2D eigenvalue weighted by Gasteiger charge is 2.33. The third kappa shape index (κ3) is 4.75. The highest BCUT2D eigenvalue weighted by Crippen LogP contribution is 2.30. The van der Waals surface area contributed by atoms with Crippen LogP contribution in [0.2, 0.25) is 5.15 Å². The first-order valence-electron chi connectivity index (χ1n) is 9.66. The summed E-state index contributed by atoms with van der Waals surface area (Å²) < 4.78 is 7.53. The van der Waals surface area contributed by atoms with Gasteiger partial charge in [-0.2, -0.15) is 0 Å². The van der Waals surface area contributed by atoms with E-state index in [2.05, 4.69) is 26.2 Å². The second kappa shape index (κ2) is 9.11. The number of carbonyl (C=O) groups is 1. The van der Waals surface area contributed by atoms with Crippen molar-refractivity contribution in [2.45, 2.75) is 32.0 Å². The molecule has 0 aliphatic carbocycles. The van der Waals surface area contributed by atoms with Crippen LogP contribution in [-0.2, 0) is 29.1 Å². The molecule has 7 nitrogen and oxygen atoms in total. The lowest BCUT2D eigenvalue weighted by Crippen LogP contribution is -2.31. The summed E-state index contributed by atoms with van der Waals surface area (Å²) in [7, 11) is 0. The first-order chi connectivity index (χ1) is 14.9. The van der Waals surface area contributed by atoms with Gasteiger partial charge in [0.1, 0.15) is 18.4 Å². The van der Waals surface area contributed by atoms with Gasteiger partial charge in [-0.3, -0.25) is 9.36 Å². The van der Waals surface area contributed by atoms with Gasteiger partial charge in [0, 0.05) is 11.0 Å². The molecule has 0 radical (unpaired) electrons. The van der Waals surface area contributed by atoms with Gasteiger partial charge in [-0.15, -0.1) is 0 Å². The summed E-state index contributed by atoms with van der Waals surface area (Å²) in [6, 6.07) is 13.6. The van der Waals surface area contributed by atoms with E-state index in [1.807, 2.05) is 36.4 Å². The zero-order chi connectivity index (χ0) is 22.0. The zero-order valence-corrected chi connectivity index (χ0v) is 18.7. The summed E-state index contributed by atoms with van der Waals surface area (Å²) in [6.07, 6.45) is 0.888. The van der Waals surface area contributed by atoms with E-state index in [9.17, 15) is 14.7 Å². The molecule has 0 saturated carbocycles. The van der Waals surface area contributed by atoms with Crippen molar-refractivity contribution in [3.05, 3.63) is 85.3 Å². The molecule has 4 rings (SSSR count). The quantitative estimate of drug-likeness (QED) is 0.489. The summed E-state index contributed by atoms with van der Waals surface area (Å²) in [6.45, 7) is 0.380. The molecule has 0 fully saturated rings. The summed E-state index contributed by atoms with van der Waals surface area (Å²) in [5.74, 6) is -0.338. The number of benzene rings is 2. The number of halogens is 2. The molecule has 0 amide bonds. The van der Waals surface area contributed by atoms with Crippen LogP contribution in [0.5, 0.6) is 5.75 Å². The molecule has 1 aliphatic heterocycles. The average Bonchev–Trinajstić information content (AvgIpc) is 3.20. The molecule has 0 unspecified atom stereocenters. The smallest absolute Gasteiger partial charge is 0.329 e. The fraction of sp³-hybridized carbons (Fsp3) is 0.227. The molecule has 31 heavy (non-hydrogen) atoms. The number of esters is 1. The van der Waals surface area contributed by atoms with Crippen molar-refractivity contribution in [2.75, 3.05) is 5.32 Å². The van der Waals surface area contributed by atoms with Gasteiger partial charge in [-0.25, -0.2) is 9.78 Å². The lowest BCUT2D eigenvalue weighted by molar-refractivity contribution is -0.148. The third-order valence-electron chi connectivity index (χ3n) is 5.02. The van der Waals surface area contributed by atoms with E-state index < -0.39 is 17.6 Å². The van der Waals surface area contributed by atoms with E-state index in [0.717, 1.165) is 11.1 Å². The summed E-state index contributed by atoms with van der Waals surface area (Å²) in [5.41, 5.74) is 1.71. The Hall–Kier alpha value is -2.84. The minimum absolute atomic E-state index is 0.0379. The number of aromatic hydroxyl groups is 1. The molecule has 0 spiro atoms. The van der Waals surface area contributed by atoms with Crippen molar-refractivity contribution in [3.63, 3.8) is 0 Å². The topological polar surface area (TPSA) is 93.5 Å². The summed E-state index contributed by atoms with van der Waals surface area (Å²) in [5, 5.41) is 12.9. The van der Waals surface area contributed by atoms with Crippen LogP contribution in [-0.4, -0.2) is 20.6 Å². The van der Waals surface area contributed by atoms with Crippen molar-refractivity contribution in [2.24, 2.45) is 0 Å². The first kappa shape index (κ1) is 21.4. The number of phenolic OH excluding ortho intramolecular Hbond substituents is 1. The van der Waals surface area contributed by atoms with Gasteiger partial charge in [-0.1, -0.05) is 57.9 Å². The minimum atomic E-state index is -0.748. The van der Waals surface area contributed by atoms with Crippen LogP contribution < -0.4 is 10.9 Å². The van der Waals surface area contributed by atoms with E-state index in [-0.39, 0.29) is 29.9 Å². The monoisotopic (exact) mass is 503 g/mol. The maximum absolute atomic E-state index is 13.1. The Balaban J connectivity index is 1.54. The fourth-order valence-corrected chi connectivity index (χ4v) is 4.39. The van der Waals surface area contributed by atoms with Crippen LogP contribution >= 0.6 is 27.5 Å². The number of hydrogen-bond donors (Lipinski definition) is 2. The Morgan fingerprint density at radius 3 is 2.77 bits per heavy atom. The number of carbonyl (C=O) groups excluding carboxylic acids is 1. The maximum atomic E-state index is 13.1. The number of phenols is 1. The normalized spacial score (nSPS) is 14.8. The SMILES string of the molecule is O=C(OCc1ccccc1)[C@@H]1CCc2c(Cl)nc(NCc3cc(O)cc(Br)c3)c(=O)n21. The second-order valence-electron chi connectivity index (χ2n) is 7.19. The van der Waals surface area contributed by atoms with Gasteiger partial charge in [0.05, 0.1) is 5.69 Å². The van der Waals surface area contributed by atoms with Crippen molar-refractivity contribution in [1.29, 1.82) is 0 Å². The molecule has 0 saturated heterocycles. The zero-order valence-electron chi connectivity index (χ0n) is 16.3. The van der Waals surface area contributed by atoms with E-state index in [1.54, 1.807) is 12.1 Å². The molecule has 3 aromatic rings. The highest BCUT2D eigenvalue weighted by molar-refractivity contribution is 9.10. The average molecular weight is 505 g/mol. The molecule has 160 valence electrons. The van der Waals surface area contributed by atoms with Gasteiger partial charge in [-0.05, 0) is 42.2 Å². The maximum Gasteiger partial charge on any atom is 0.329 e. The Morgan fingerprint density at radius 2 is 2.03 bits per heavy atom. The number of aromatic nitrogens is 2. The van der Waals surface area contributed by atoms with Gasteiger partial charge < -0.3 is 15.2 Å². The number of anilines is 1. The van der Waals surface area contributed by atoms with Crippen molar-refractivity contribution in [1.82, 2.24) is 9.55 Å².